The monoisotopic (exact) mass is 375 g/mol. The zero-order valence-electron chi connectivity index (χ0n) is 12.1. The molecule has 0 fully saturated rings. The number of carbonyl (C=O) groups is 2. The van der Waals surface area contributed by atoms with E-state index >= 15 is 0 Å². The summed E-state index contributed by atoms with van der Waals surface area (Å²) in [6.07, 6.45) is 0.427. The first kappa shape index (κ1) is 18.2. The van der Waals surface area contributed by atoms with Crippen molar-refractivity contribution in [2.24, 2.45) is 0 Å². The van der Waals surface area contributed by atoms with Gasteiger partial charge in [0.2, 0.25) is 0 Å². The maximum absolute atomic E-state index is 14.2. The molecular weight excluding hydrogens is 361 g/mol. The van der Waals surface area contributed by atoms with E-state index < -0.39 is 39.7 Å². The first-order valence-electron chi connectivity index (χ1n) is 6.66. The summed E-state index contributed by atoms with van der Waals surface area (Å²) < 4.78 is 19.2. The van der Waals surface area contributed by atoms with Crippen LogP contribution in [0, 0.1) is 15.9 Å². The summed E-state index contributed by atoms with van der Waals surface area (Å²) in [4.78, 5) is 34.5. The molecule has 8 heteroatoms. The third-order valence-electron chi connectivity index (χ3n) is 2.90. The molecule has 120 valence electrons. The lowest BCUT2D eigenvalue weighted by molar-refractivity contribution is -0.385. The number of hydrogen-bond acceptors (Lipinski definition) is 5. The molecule has 6 nitrogen and oxygen atoms in total. The van der Waals surface area contributed by atoms with Crippen molar-refractivity contribution in [2.75, 3.05) is 6.61 Å². The fourth-order valence-electron chi connectivity index (χ4n) is 2.03. The van der Waals surface area contributed by atoms with E-state index in [2.05, 4.69) is 15.9 Å². The Balaban J connectivity index is 3.51. The zero-order chi connectivity index (χ0) is 16.9. The van der Waals surface area contributed by atoms with Crippen molar-refractivity contribution >= 4 is 33.4 Å². The van der Waals surface area contributed by atoms with Crippen molar-refractivity contribution in [3.8, 4) is 0 Å². The second-order valence-corrected chi connectivity index (χ2v) is 5.39. The van der Waals surface area contributed by atoms with Crippen LogP contribution in [0.4, 0.5) is 10.1 Å². The van der Waals surface area contributed by atoms with Crippen molar-refractivity contribution in [3.63, 3.8) is 0 Å². The summed E-state index contributed by atoms with van der Waals surface area (Å²) in [7, 11) is 0. The number of benzene rings is 1. The molecule has 0 spiro atoms. The van der Waals surface area contributed by atoms with Crippen molar-refractivity contribution in [2.45, 2.75) is 32.6 Å². The van der Waals surface area contributed by atoms with Crippen LogP contribution in [-0.4, -0.2) is 23.3 Å². The molecule has 1 atom stereocenters. The highest BCUT2D eigenvalue weighted by Crippen LogP contribution is 2.34. The van der Waals surface area contributed by atoms with Crippen LogP contribution >= 0.6 is 15.9 Å². The van der Waals surface area contributed by atoms with E-state index in [4.69, 9.17) is 4.74 Å². The smallest absolute Gasteiger partial charge is 0.321 e. The zero-order valence-corrected chi connectivity index (χ0v) is 13.7. The number of hydrogen-bond donors (Lipinski definition) is 0. The minimum absolute atomic E-state index is 0.00383. The number of ether oxygens (including phenoxy) is 1. The van der Waals surface area contributed by atoms with Crippen LogP contribution in [0.1, 0.15) is 38.2 Å². The Labute approximate surface area is 134 Å². The topological polar surface area (TPSA) is 86.5 Å². The molecule has 0 bridgehead atoms. The fourth-order valence-corrected chi connectivity index (χ4v) is 2.45. The van der Waals surface area contributed by atoms with Gasteiger partial charge in [-0.2, -0.15) is 0 Å². The Bertz CT molecular complexity index is 587. The first-order chi connectivity index (χ1) is 10.3. The van der Waals surface area contributed by atoms with Crippen LogP contribution in [0.2, 0.25) is 0 Å². The lowest BCUT2D eigenvalue weighted by Gasteiger charge is -2.15. The Morgan fingerprint density at radius 1 is 1.41 bits per heavy atom. The van der Waals surface area contributed by atoms with E-state index in [1.165, 1.54) is 6.92 Å². The summed E-state index contributed by atoms with van der Waals surface area (Å²) >= 11 is 2.95. The lowest BCUT2D eigenvalue weighted by Crippen LogP contribution is -2.26. The van der Waals surface area contributed by atoms with Crippen molar-refractivity contribution in [1.82, 2.24) is 0 Å². The van der Waals surface area contributed by atoms with E-state index in [1.54, 1.807) is 6.92 Å². The van der Waals surface area contributed by atoms with Crippen molar-refractivity contribution in [1.29, 1.82) is 0 Å². The molecule has 1 rings (SSSR count). The standard InChI is InChI=1S/C14H15BrFNO5/c1-3-5-11(18)13(14(19)22-4-2)12-9(16)6-8(15)7-10(12)17(20)21/h6-7,13H,3-5H2,1-2H3. The molecule has 1 aromatic carbocycles. The number of esters is 1. The molecule has 0 aliphatic heterocycles. The van der Waals surface area contributed by atoms with Gasteiger partial charge in [0.1, 0.15) is 11.7 Å². The molecule has 0 amide bonds. The Morgan fingerprint density at radius 2 is 2.05 bits per heavy atom. The number of ketones is 1. The molecule has 0 aliphatic rings. The van der Waals surface area contributed by atoms with Gasteiger partial charge < -0.3 is 4.74 Å². The van der Waals surface area contributed by atoms with Gasteiger partial charge in [-0.05, 0) is 19.4 Å². The number of rotatable bonds is 7. The maximum atomic E-state index is 14.2. The van der Waals surface area contributed by atoms with Crippen LogP contribution in [0.3, 0.4) is 0 Å². The summed E-state index contributed by atoms with van der Waals surface area (Å²) in [6, 6.07) is 2.04. The molecule has 0 heterocycles. The van der Waals surface area contributed by atoms with Crippen LogP contribution in [0.25, 0.3) is 0 Å². The largest absolute Gasteiger partial charge is 0.465 e. The molecule has 0 saturated carbocycles. The van der Waals surface area contributed by atoms with Gasteiger partial charge in [-0.1, -0.05) is 22.9 Å². The second-order valence-electron chi connectivity index (χ2n) is 4.48. The maximum Gasteiger partial charge on any atom is 0.321 e. The van der Waals surface area contributed by atoms with Gasteiger partial charge in [-0.3, -0.25) is 19.7 Å². The van der Waals surface area contributed by atoms with Gasteiger partial charge in [0.25, 0.3) is 5.69 Å². The van der Waals surface area contributed by atoms with Crippen LogP contribution in [0.15, 0.2) is 16.6 Å². The Morgan fingerprint density at radius 3 is 2.55 bits per heavy atom. The van der Waals surface area contributed by atoms with Gasteiger partial charge in [0.05, 0.1) is 17.1 Å². The molecule has 22 heavy (non-hydrogen) atoms. The number of carbonyl (C=O) groups excluding carboxylic acids is 2. The average Bonchev–Trinajstić information content (AvgIpc) is 2.41. The number of Topliss-reactive ketones (excluding diaryl/α,β-unsaturated/α-hetero) is 1. The number of halogens is 2. The van der Waals surface area contributed by atoms with E-state index in [-0.39, 0.29) is 17.5 Å². The number of nitro benzene ring substituents is 1. The third kappa shape index (κ3) is 4.09. The molecule has 0 aliphatic carbocycles. The summed E-state index contributed by atoms with van der Waals surface area (Å²) in [6.45, 7) is 3.23. The lowest BCUT2D eigenvalue weighted by atomic mass is 9.90. The predicted molar refractivity (Wildman–Crippen MR) is 80.0 cm³/mol. The minimum Gasteiger partial charge on any atom is -0.465 e. The van der Waals surface area contributed by atoms with Crippen LogP contribution in [0.5, 0.6) is 0 Å². The number of nitrogens with zero attached hydrogens (tertiary/aromatic N) is 1. The molecule has 0 saturated heterocycles. The molecule has 0 N–H and O–H groups in total. The Kier molecular flexibility index (Phi) is 6.61. The van der Waals surface area contributed by atoms with Gasteiger partial charge in [0, 0.05) is 17.0 Å². The average molecular weight is 376 g/mol. The second kappa shape index (κ2) is 7.98. The van der Waals surface area contributed by atoms with Gasteiger partial charge in [-0.25, -0.2) is 4.39 Å². The highest BCUT2D eigenvalue weighted by atomic mass is 79.9. The van der Waals surface area contributed by atoms with Gasteiger partial charge >= 0.3 is 5.97 Å². The van der Waals surface area contributed by atoms with Crippen molar-refractivity contribution in [3.05, 3.63) is 38.1 Å². The summed E-state index contributed by atoms with van der Waals surface area (Å²) in [5.74, 6) is -4.22. The van der Waals surface area contributed by atoms with Crippen LogP contribution < -0.4 is 0 Å². The number of nitro groups is 1. The summed E-state index contributed by atoms with van der Waals surface area (Å²) in [5.41, 5.74) is -1.18. The van der Waals surface area contributed by atoms with E-state index in [0.29, 0.717) is 6.42 Å². The normalized spacial score (nSPS) is 11.8. The van der Waals surface area contributed by atoms with E-state index in [1.807, 2.05) is 0 Å². The molecule has 0 aromatic heterocycles. The SMILES string of the molecule is CCCC(=O)C(C(=O)OCC)c1c(F)cc(Br)cc1[N+](=O)[O-]. The highest BCUT2D eigenvalue weighted by molar-refractivity contribution is 9.10. The van der Waals surface area contributed by atoms with E-state index in [0.717, 1.165) is 12.1 Å². The fraction of sp³-hybridized carbons (Fsp3) is 0.429. The third-order valence-corrected chi connectivity index (χ3v) is 3.36. The highest BCUT2D eigenvalue weighted by Gasteiger charge is 2.37. The van der Waals surface area contributed by atoms with Crippen molar-refractivity contribution < 1.29 is 23.6 Å². The molecule has 1 aromatic rings. The van der Waals surface area contributed by atoms with Gasteiger partial charge in [0.15, 0.2) is 5.78 Å². The molecule has 1 unspecified atom stereocenters. The molecular formula is C14H15BrFNO5. The Hall–Kier alpha value is -1.83. The minimum atomic E-state index is -1.63. The summed E-state index contributed by atoms with van der Waals surface area (Å²) in [5, 5.41) is 11.1. The quantitative estimate of drug-likeness (QED) is 0.315. The predicted octanol–water partition coefficient (Wildman–Crippen LogP) is 3.51. The first-order valence-corrected chi connectivity index (χ1v) is 7.45. The molecule has 0 radical (unpaired) electrons. The van der Waals surface area contributed by atoms with Gasteiger partial charge in [-0.15, -0.1) is 0 Å². The van der Waals surface area contributed by atoms with E-state index in [9.17, 15) is 24.1 Å². The van der Waals surface area contributed by atoms with Crippen LogP contribution in [-0.2, 0) is 14.3 Å².